The van der Waals surface area contributed by atoms with Gasteiger partial charge in [0.15, 0.2) is 11.5 Å². The lowest BCUT2D eigenvalue weighted by molar-refractivity contribution is -0.136. The number of ether oxygens (including phenoxy) is 2. The van der Waals surface area contributed by atoms with Crippen LogP contribution in [0.4, 0.5) is 14.5 Å². The van der Waals surface area contributed by atoms with Gasteiger partial charge in [0.25, 0.3) is 0 Å². The van der Waals surface area contributed by atoms with Crippen molar-refractivity contribution in [3.05, 3.63) is 53.1 Å². The first kappa shape index (κ1) is 20.2. The number of carbonyl (C=O) groups excluding carboxylic acids is 2. The average Bonchev–Trinajstić information content (AvgIpc) is 2.65. The van der Waals surface area contributed by atoms with Gasteiger partial charge in [0.1, 0.15) is 11.6 Å². The van der Waals surface area contributed by atoms with Gasteiger partial charge in [0.05, 0.1) is 14.2 Å². The summed E-state index contributed by atoms with van der Waals surface area (Å²) < 4.78 is 37.4. The molecule has 144 valence electrons. The van der Waals surface area contributed by atoms with E-state index in [1.165, 1.54) is 26.4 Å². The fourth-order valence-electron chi connectivity index (χ4n) is 2.45. The highest BCUT2D eigenvalue weighted by atomic mass is 19.1. The molecule has 2 amide bonds. The van der Waals surface area contributed by atoms with Crippen LogP contribution in [0.25, 0.3) is 0 Å². The lowest BCUT2D eigenvalue weighted by atomic mass is 10.1. The molecule has 0 aliphatic carbocycles. The Kier molecular flexibility index (Phi) is 6.70. The Hall–Kier alpha value is -3.16. The molecule has 2 N–H and O–H groups in total. The molecular formula is C19H20F2N2O4. The Morgan fingerprint density at radius 1 is 1.00 bits per heavy atom. The largest absolute Gasteiger partial charge is 0.493 e. The van der Waals surface area contributed by atoms with Crippen LogP contribution in [0, 0.1) is 18.6 Å². The monoisotopic (exact) mass is 378 g/mol. The fourth-order valence-corrected chi connectivity index (χ4v) is 2.45. The molecular weight excluding hydrogens is 358 g/mol. The Morgan fingerprint density at radius 3 is 2.19 bits per heavy atom. The van der Waals surface area contributed by atoms with E-state index in [-0.39, 0.29) is 18.5 Å². The molecule has 8 heteroatoms. The second kappa shape index (κ2) is 8.98. The molecule has 2 rings (SSSR count). The zero-order valence-corrected chi connectivity index (χ0v) is 15.2. The van der Waals surface area contributed by atoms with E-state index in [1.54, 1.807) is 13.0 Å². The van der Waals surface area contributed by atoms with Gasteiger partial charge in [0, 0.05) is 23.9 Å². The van der Waals surface area contributed by atoms with Crippen molar-refractivity contribution in [2.75, 3.05) is 26.1 Å². The molecule has 0 aromatic heterocycles. The van der Waals surface area contributed by atoms with Gasteiger partial charge < -0.3 is 20.1 Å². The van der Waals surface area contributed by atoms with Crippen LogP contribution in [0.15, 0.2) is 30.3 Å². The minimum atomic E-state index is -0.916. The Bertz CT molecular complexity index is 836. The van der Waals surface area contributed by atoms with Crippen molar-refractivity contribution in [3.8, 4) is 11.5 Å². The maximum Gasteiger partial charge on any atom is 0.313 e. The summed E-state index contributed by atoms with van der Waals surface area (Å²) in [4.78, 5) is 24.0. The number of benzene rings is 2. The van der Waals surface area contributed by atoms with Gasteiger partial charge in [-0.15, -0.1) is 0 Å². The van der Waals surface area contributed by atoms with Crippen LogP contribution >= 0.6 is 0 Å². The number of methoxy groups -OCH3 is 2. The van der Waals surface area contributed by atoms with E-state index in [0.29, 0.717) is 22.7 Å². The predicted molar refractivity (Wildman–Crippen MR) is 96.0 cm³/mol. The maximum absolute atomic E-state index is 13.5. The number of anilines is 1. The third-order valence-corrected chi connectivity index (χ3v) is 3.91. The summed E-state index contributed by atoms with van der Waals surface area (Å²) >= 11 is 0. The fraction of sp³-hybridized carbons (Fsp3) is 0.263. The number of nitrogens with one attached hydrogen (secondary N) is 2. The van der Waals surface area contributed by atoms with Gasteiger partial charge in [-0.1, -0.05) is 6.07 Å². The van der Waals surface area contributed by atoms with Crippen molar-refractivity contribution in [1.29, 1.82) is 0 Å². The zero-order valence-electron chi connectivity index (χ0n) is 15.2. The molecule has 0 aliphatic rings. The van der Waals surface area contributed by atoms with Gasteiger partial charge in [-0.2, -0.15) is 0 Å². The first-order valence-electron chi connectivity index (χ1n) is 8.12. The number of halogens is 2. The molecule has 0 aliphatic heterocycles. The molecule has 0 spiro atoms. The number of hydrogen-bond donors (Lipinski definition) is 2. The molecule has 0 saturated carbocycles. The Morgan fingerprint density at radius 2 is 1.59 bits per heavy atom. The summed E-state index contributed by atoms with van der Waals surface area (Å²) in [5.74, 6) is -2.33. The van der Waals surface area contributed by atoms with Crippen LogP contribution in [0.2, 0.25) is 0 Å². The summed E-state index contributed by atoms with van der Waals surface area (Å²) in [7, 11) is 2.94. The molecule has 27 heavy (non-hydrogen) atoms. The molecule has 0 heterocycles. The molecule has 0 fully saturated rings. The van der Waals surface area contributed by atoms with Crippen molar-refractivity contribution in [1.82, 2.24) is 5.32 Å². The first-order chi connectivity index (χ1) is 12.9. The number of hydrogen-bond acceptors (Lipinski definition) is 4. The summed E-state index contributed by atoms with van der Waals surface area (Å²) in [5.41, 5.74) is 0.907. The highest BCUT2D eigenvalue weighted by Crippen LogP contribution is 2.32. The SMILES string of the molecule is COc1cc(C)c(NC(=O)C(=O)NCCc2c(F)cccc2F)cc1OC. The number of amides is 2. The highest BCUT2D eigenvalue weighted by Gasteiger charge is 2.17. The zero-order chi connectivity index (χ0) is 20.0. The van der Waals surface area contributed by atoms with E-state index < -0.39 is 23.4 Å². The topological polar surface area (TPSA) is 76.7 Å². The second-order valence-electron chi connectivity index (χ2n) is 5.68. The van der Waals surface area contributed by atoms with Gasteiger partial charge in [-0.05, 0) is 37.1 Å². The van der Waals surface area contributed by atoms with Gasteiger partial charge in [-0.3, -0.25) is 9.59 Å². The summed E-state index contributed by atoms with van der Waals surface area (Å²) in [6, 6.07) is 6.71. The summed E-state index contributed by atoms with van der Waals surface area (Å²) in [6.45, 7) is 1.64. The van der Waals surface area contributed by atoms with Gasteiger partial charge in [0.2, 0.25) is 0 Å². The van der Waals surface area contributed by atoms with Gasteiger partial charge in [-0.25, -0.2) is 8.78 Å². The van der Waals surface area contributed by atoms with E-state index >= 15 is 0 Å². The molecule has 0 radical (unpaired) electrons. The highest BCUT2D eigenvalue weighted by molar-refractivity contribution is 6.39. The first-order valence-corrected chi connectivity index (χ1v) is 8.12. The second-order valence-corrected chi connectivity index (χ2v) is 5.68. The van der Waals surface area contributed by atoms with Crippen LogP contribution in [0.3, 0.4) is 0 Å². The Labute approximate surface area is 155 Å². The number of rotatable bonds is 6. The maximum atomic E-state index is 13.5. The standard InChI is InChI=1S/C19H20F2N2O4/c1-11-9-16(26-2)17(27-3)10-15(11)23-19(25)18(24)22-8-7-12-13(20)5-4-6-14(12)21/h4-6,9-10H,7-8H2,1-3H3,(H,22,24)(H,23,25). The minimum absolute atomic E-state index is 0.0765. The van der Waals surface area contributed by atoms with Gasteiger partial charge >= 0.3 is 11.8 Å². The summed E-state index contributed by atoms with van der Waals surface area (Å²) in [6.07, 6.45) is -0.0765. The molecule has 0 atom stereocenters. The molecule has 0 saturated heterocycles. The number of carbonyl (C=O) groups is 2. The van der Waals surface area contributed by atoms with E-state index in [0.717, 1.165) is 12.1 Å². The van der Waals surface area contributed by atoms with Crippen molar-refractivity contribution in [2.24, 2.45) is 0 Å². The number of aryl methyl sites for hydroxylation is 1. The third-order valence-electron chi connectivity index (χ3n) is 3.91. The molecule has 2 aromatic carbocycles. The minimum Gasteiger partial charge on any atom is -0.493 e. The van der Waals surface area contributed by atoms with Crippen LogP contribution in [0.5, 0.6) is 11.5 Å². The normalized spacial score (nSPS) is 10.3. The summed E-state index contributed by atoms with van der Waals surface area (Å²) in [5, 5.41) is 4.81. The smallest absolute Gasteiger partial charge is 0.313 e. The van der Waals surface area contributed by atoms with E-state index in [4.69, 9.17) is 9.47 Å². The third kappa shape index (κ3) is 4.93. The van der Waals surface area contributed by atoms with Crippen molar-refractivity contribution < 1.29 is 27.8 Å². The van der Waals surface area contributed by atoms with Crippen LogP contribution < -0.4 is 20.1 Å². The van der Waals surface area contributed by atoms with E-state index in [2.05, 4.69) is 10.6 Å². The van der Waals surface area contributed by atoms with Crippen LogP contribution in [-0.2, 0) is 16.0 Å². The molecule has 2 aromatic rings. The predicted octanol–water partition coefficient (Wildman–Crippen LogP) is 2.59. The average molecular weight is 378 g/mol. The van der Waals surface area contributed by atoms with Crippen molar-refractivity contribution >= 4 is 17.5 Å². The molecule has 6 nitrogen and oxygen atoms in total. The van der Waals surface area contributed by atoms with Crippen LogP contribution in [-0.4, -0.2) is 32.6 Å². The quantitative estimate of drug-likeness (QED) is 0.758. The lowest BCUT2D eigenvalue weighted by Crippen LogP contribution is -2.36. The Balaban J connectivity index is 1.97. The van der Waals surface area contributed by atoms with E-state index in [1.807, 2.05) is 0 Å². The molecule has 0 bridgehead atoms. The van der Waals surface area contributed by atoms with Crippen LogP contribution in [0.1, 0.15) is 11.1 Å². The van der Waals surface area contributed by atoms with E-state index in [9.17, 15) is 18.4 Å². The van der Waals surface area contributed by atoms with Crippen molar-refractivity contribution in [3.63, 3.8) is 0 Å². The van der Waals surface area contributed by atoms with Crippen molar-refractivity contribution in [2.45, 2.75) is 13.3 Å². The molecule has 0 unspecified atom stereocenters. The lowest BCUT2D eigenvalue weighted by Gasteiger charge is -2.13.